The molecule has 2 aromatic carbocycles. The highest BCUT2D eigenvalue weighted by atomic mass is 19.3. The molecular formula is C18H14F4O2. The lowest BCUT2D eigenvalue weighted by molar-refractivity contribution is -0.286. The Kier molecular flexibility index (Phi) is 4.22. The Morgan fingerprint density at radius 3 is 2.12 bits per heavy atom. The standard InChI is InChI=1S/C18H14F4O2/c1-2-3-11-4-6-12(7-5-11)16(19)17(20)13-8-9-14-15(10-13)24-18(21,22)23-14/h4-10H,2-3H2,1H3/b17-16+. The maximum Gasteiger partial charge on any atom is 0.586 e. The molecule has 24 heavy (non-hydrogen) atoms. The van der Waals surface area contributed by atoms with Crippen molar-refractivity contribution < 1.29 is 27.0 Å². The summed E-state index contributed by atoms with van der Waals surface area (Å²) in [5.41, 5.74) is 0.903. The molecule has 126 valence electrons. The number of hydrogen-bond donors (Lipinski definition) is 0. The molecule has 0 radical (unpaired) electrons. The molecule has 2 nitrogen and oxygen atoms in total. The normalized spacial score (nSPS) is 16.0. The van der Waals surface area contributed by atoms with Gasteiger partial charge < -0.3 is 9.47 Å². The SMILES string of the molecule is CCCc1ccc(/C(F)=C(\F)c2ccc3c(c2)OC(F)(F)O3)cc1. The number of halogens is 4. The second kappa shape index (κ2) is 6.19. The molecule has 0 atom stereocenters. The third-order valence-corrected chi connectivity index (χ3v) is 3.59. The predicted molar refractivity (Wildman–Crippen MR) is 82.1 cm³/mol. The third-order valence-electron chi connectivity index (χ3n) is 3.59. The van der Waals surface area contributed by atoms with Crippen molar-refractivity contribution in [2.75, 3.05) is 0 Å². The number of fused-ring (bicyclic) bond motifs is 1. The van der Waals surface area contributed by atoms with Gasteiger partial charge in [0.2, 0.25) is 0 Å². The Labute approximate surface area is 136 Å². The summed E-state index contributed by atoms with van der Waals surface area (Å²) in [6.45, 7) is 2.03. The molecule has 2 aromatic rings. The van der Waals surface area contributed by atoms with Gasteiger partial charge in [-0.05, 0) is 30.2 Å². The van der Waals surface area contributed by atoms with Gasteiger partial charge in [-0.25, -0.2) is 8.78 Å². The van der Waals surface area contributed by atoms with E-state index >= 15 is 0 Å². The summed E-state index contributed by atoms with van der Waals surface area (Å²) in [5.74, 6) is -2.77. The van der Waals surface area contributed by atoms with Gasteiger partial charge in [-0.2, -0.15) is 0 Å². The molecule has 1 heterocycles. The van der Waals surface area contributed by atoms with E-state index in [0.717, 1.165) is 36.6 Å². The smallest absolute Gasteiger partial charge is 0.395 e. The summed E-state index contributed by atoms with van der Waals surface area (Å²) in [6, 6.07) is 9.68. The fraction of sp³-hybridized carbons (Fsp3) is 0.222. The first kappa shape index (κ1) is 16.4. The van der Waals surface area contributed by atoms with Crippen LogP contribution >= 0.6 is 0 Å². The largest absolute Gasteiger partial charge is 0.586 e. The van der Waals surface area contributed by atoms with Crippen LogP contribution in [-0.2, 0) is 6.42 Å². The molecule has 0 amide bonds. The van der Waals surface area contributed by atoms with E-state index in [1.165, 1.54) is 12.1 Å². The van der Waals surface area contributed by atoms with Crippen LogP contribution in [0.2, 0.25) is 0 Å². The summed E-state index contributed by atoms with van der Waals surface area (Å²) in [7, 11) is 0. The second-order valence-corrected chi connectivity index (χ2v) is 5.40. The van der Waals surface area contributed by atoms with Crippen LogP contribution in [0.25, 0.3) is 11.7 Å². The van der Waals surface area contributed by atoms with Crippen LogP contribution in [0, 0.1) is 0 Å². The molecule has 0 unspecified atom stereocenters. The average Bonchev–Trinajstić information content (AvgIpc) is 2.87. The first-order chi connectivity index (χ1) is 11.4. The summed E-state index contributed by atoms with van der Waals surface area (Å²) in [6.07, 6.45) is -1.99. The van der Waals surface area contributed by atoms with Gasteiger partial charge in [0.15, 0.2) is 23.2 Å². The number of benzene rings is 2. The number of alkyl halides is 2. The number of hydrogen-bond acceptors (Lipinski definition) is 2. The van der Waals surface area contributed by atoms with Crippen molar-refractivity contribution in [3.63, 3.8) is 0 Å². The van der Waals surface area contributed by atoms with E-state index in [0.29, 0.717) is 0 Å². The van der Waals surface area contributed by atoms with Gasteiger partial charge in [-0.1, -0.05) is 37.6 Å². The van der Waals surface area contributed by atoms with Gasteiger partial charge in [0.1, 0.15) is 0 Å². The van der Waals surface area contributed by atoms with E-state index in [1.54, 1.807) is 12.1 Å². The molecule has 0 N–H and O–H groups in total. The zero-order chi connectivity index (χ0) is 17.3. The number of rotatable bonds is 4. The predicted octanol–water partition coefficient (Wildman–Crippen LogP) is 5.73. The molecule has 0 saturated carbocycles. The second-order valence-electron chi connectivity index (χ2n) is 5.40. The van der Waals surface area contributed by atoms with Crippen molar-refractivity contribution >= 4 is 11.7 Å². The van der Waals surface area contributed by atoms with Crippen LogP contribution in [-0.4, -0.2) is 6.29 Å². The molecule has 1 aliphatic rings. The fourth-order valence-electron chi connectivity index (χ4n) is 2.45. The maximum atomic E-state index is 14.3. The molecule has 0 bridgehead atoms. The molecule has 0 fully saturated rings. The highest BCUT2D eigenvalue weighted by Crippen LogP contribution is 2.43. The number of aryl methyl sites for hydroxylation is 1. The molecule has 0 aliphatic carbocycles. The first-order valence-corrected chi connectivity index (χ1v) is 7.44. The summed E-state index contributed by atoms with van der Waals surface area (Å²) >= 11 is 0. The number of ether oxygens (including phenoxy) is 2. The van der Waals surface area contributed by atoms with Crippen molar-refractivity contribution in [3.8, 4) is 11.5 Å². The lowest BCUT2D eigenvalue weighted by Gasteiger charge is -2.05. The highest BCUT2D eigenvalue weighted by Gasteiger charge is 2.43. The third kappa shape index (κ3) is 3.22. The molecule has 1 aliphatic heterocycles. The molecule has 6 heteroatoms. The van der Waals surface area contributed by atoms with Gasteiger partial charge in [0.25, 0.3) is 0 Å². The van der Waals surface area contributed by atoms with Crippen LogP contribution in [0.5, 0.6) is 11.5 Å². The molecule has 0 aromatic heterocycles. The molecule has 0 spiro atoms. The first-order valence-electron chi connectivity index (χ1n) is 7.44. The summed E-state index contributed by atoms with van der Waals surface area (Å²) in [4.78, 5) is 0. The topological polar surface area (TPSA) is 18.5 Å². The van der Waals surface area contributed by atoms with Gasteiger partial charge >= 0.3 is 6.29 Å². The van der Waals surface area contributed by atoms with Crippen molar-refractivity contribution in [3.05, 3.63) is 59.2 Å². The quantitative estimate of drug-likeness (QED) is 0.524. The van der Waals surface area contributed by atoms with E-state index < -0.39 is 17.9 Å². The van der Waals surface area contributed by atoms with E-state index in [4.69, 9.17) is 0 Å². The van der Waals surface area contributed by atoms with Gasteiger partial charge in [0.05, 0.1) is 0 Å². The van der Waals surface area contributed by atoms with Gasteiger partial charge in [-0.15, -0.1) is 8.78 Å². The summed E-state index contributed by atoms with van der Waals surface area (Å²) in [5, 5.41) is 0. The highest BCUT2D eigenvalue weighted by molar-refractivity contribution is 5.83. The Hall–Kier alpha value is -2.50. The lowest BCUT2D eigenvalue weighted by Crippen LogP contribution is -2.25. The minimum Gasteiger partial charge on any atom is -0.395 e. The fourth-order valence-corrected chi connectivity index (χ4v) is 2.45. The van der Waals surface area contributed by atoms with Crippen molar-refractivity contribution in [2.24, 2.45) is 0 Å². The Morgan fingerprint density at radius 2 is 1.46 bits per heavy atom. The van der Waals surface area contributed by atoms with Crippen LogP contribution in [0.1, 0.15) is 30.0 Å². The minimum absolute atomic E-state index is 0.0790. The van der Waals surface area contributed by atoms with Gasteiger partial charge in [-0.3, -0.25) is 0 Å². The van der Waals surface area contributed by atoms with Gasteiger partial charge in [0, 0.05) is 11.1 Å². The lowest BCUT2D eigenvalue weighted by atomic mass is 10.1. The molecular weight excluding hydrogens is 324 g/mol. The zero-order valence-electron chi connectivity index (χ0n) is 12.8. The van der Waals surface area contributed by atoms with Crippen molar-refractivity contribution in [2.45, 2.75) is 26.1 Å². The monoisotopic (exact) mass is 338 g/mol. The average molecular weight is 338 g/mol. The minimum atomic E-state index is -3.80. The van der Waals surface area contributed by atoms with E-state index in [9.17, 15) is 17.6 Å². The summed E-state index contributed by atoms with van der Waals surface area (Å²) < 4.78 is 63.1. The Bertz CT molecular complexity index is 782. The molecule has 0 saturated heterocycles. The van der Waals surface area contributed by atoms with Crippen molar-refractivity contribution in [1.82, 2.24) is 0 Å². The van der Waals surface area contributed by atoms with Crippen LogP contribution in [0.4, 0.5) is 17.6 Å². The Morgan fingerprint density at radius 1 is 0.875 bits per heavy atom. The maximum absolute atomic E-state index is 14.3. The molecule has 3 rings (SSSR count). The Balaban J connectivity index is 1.90. The van der Waals surface area contributed by atoms with Crippen LogP contribution < -0.4 is 9.47 Å². The van der Waals surface area contributed by atoms with E-state index in [-0.39, 0.29) is 22.6 Å². The zero-order valence-corrected chi connectivity index (χ0v) is 12.8. The van der Waals surface area contributed by atoms with E-state index in [1.807, 2.05) is 6.92 Å². The van der Waals surface area contributed by atoms with Crippen LogP contribution in [0.15, 0.2) is 42.5 Å². The van der Waals surface area contributed by atoms with E-state index in [2.05, 4.69) is 9.47 Å². The van der Waals surface area contributed by atoms with Crippen LogP contribution in [0.3, 0.4) is 0 Å². The van der Waals surface area contributed by atoms with Crippen molar-refractivity contribution in [1.29, 1.82) is 0 Å².